The summed E-state index contributed by atoms with van der Waals surface area (Å²) < 4.78 is 11.7. The Morgan fingerprint density at radius 1 is 1.22 bits per heavy atom. The van der Waals surface area contributed by atoms with Gasteiger partial charge in [-0.1, -0.05) is 12.1 Å². The average molecular weight is 374 g/mol. The van der Waals surface area contributed by atoms with Crippen LogP contribution in [0.4, 0.5) is 10.6 Å². The number of nitrogens with one attached hydrogen (secondary N) is 1. The molecule has 0 aliphatic heterocycles. The largest absolute Gasteiger partial charge is 0.444 e. The molecule has 0 saturated heterocycles. The zero-order valence-electron chi connectivity index (χ0n) is 15.6. The SMILES string of the molecule is C[C@H](NC(=O)OC(C)(C)C)C(=O)Oc1ccccc1-n1ccc(N)nc1=O. The first-order valence-electron chi connectivity index (χ1n) is 8.22. The highest BCUT2D eigenvalue weighted by atomic mass is 16.6. The van der Waals surface area contributed by atoms with Gasteiger partial charge in [-0.25, -0.2) is 14.4 Å². The molecule has 1 heterocycles. The molecule has 0 fully saturated rings. The Kier molecular flexibility index (Phi) is 5.84. The molecule has 0 spiro atoms. The Labute approximate surface area is 156 Å². The molecular weight excluding hydrogens is 352 g/mol. The van der Waals surface area contributed by atoms with Gasteiger partial charge in [0.05, 0.1) is 5.69 Å². The number of carbonyl (C=O) groups is 2. The summed E-state index contributed by atoms with van der Waals surface area (Å²) >= 11 is 0. The highest BCUT2D eigenvalue weighted by molar-refractivity contribution is 5.83. The van der Waals surface area contributed by atoms with Gasteiger partial charge >= 0.3 is 17.8 Å². The summed E-state index contributed by atoms with van der Waals surface area (Å²) in [6, 6.07) is 6.93. The van der Waals surface area contributed by atoms with Gasteiger partial charge in [0.1, 0.15) is 17.5 Å². The van der Waals surface area contributed by atoms with E-state index in [2.05, 4.69) is 10.3 Å². The maximum Gasteiger partial charge on any atom is 0.408 e. The second-order valence-corrected chi connectivity index (χ2v) is 6.76. The van der Waals surface area contributed by atoms with Crippen molar-refractivity contribution in [3.05, 3.63) is 47.0 Å². The molecule has 1 atom stereocenters. The smallest absolute Gasteiger partial charge is 0.408 e. The van der Waals surface area contributed by atoms with Gasteiger partial charge in [-0.3, -0.25) is 4.57 Å². The molecule has 0 unspecified atom stereocenters. The van der Waals surface area contributed by atoms with Gasteiger partial charge in [0.25, 0.3) is 0 Å². The van der Waals surface area contributed by atoms with Gasteiger partial charge in [-0.15, -0.1) is 0 Å². The van der Waals surface area contributed by atoms with E-state index in [-0.39, 0.29) is 11.6 Å². The highest BCUT2D eigenvalue weighted by Gasteiger charge is 2.23. The molecule has 2 aromatic rings. The molecule has 9 heteroatoms. The summed E-state index contributed by atoms with van der Waals surface area (Å²) in [4.78, 5) is 39.8. The molecule has 1 amide bonds. The Bertz CT molecular complexity index is 901. The van der Waals surface area contributed by atoms with Crippen LogP contribution in [0, 0.1) is 0 Å². The van der Waals surface area contributed by atoms with E-state index in [0.29, 0.717) is 5.69 Å². The maximum atomic E-state index is 12.3. The number of hydrogen-bond acceptors (Lipinski definition) is 7. The van der Waals surface area contributed by atoms with Crippen LogP contribution >= 0.6 is 0 Å². The van der Waals surface area contributed by atoms with Gasteiger partial charge in [-0.05, 0) is 45.9 Å². The minimum absolute atomic E-state index is 0.0842. The van der Waals surface area contributed by atoms with E-state index in [0.717, 1.165) is 0 Å². The van der Waals surface area contributed by atoms with Crippen LogP contribution in [-0.4, -0.2) is 33.3 Å². The van der Waals surface area contributed by atoms with Gasteiger partial charge in [-0.2, -0.15) is 4.98 Å². The standard InChI is InChI=1S/C18H22N4O5/c1-11(20-17(25)27-18(2,3)4)15(23)26-13-8-6-5-7-12(13)22-10-9-14(19)21-16(22)24/h5-11H,1-4H3,(H,20,25)(H2,19,21,24)/t11-/m0/s1. The van der Waals surface area contributed by atoms with Crippen molar-refractivity contribution in [3.8, 4) is 11.4 Å². The molecule has 0 aliphatic carbocycles. The van der Waals surface area contributed by atoms with Crippen LogP contribution in [0.5, 0.6) is 5.75 Å². The van der Waals surface area contributed by atoms with E-state index >= 15 is 0 Å². The zero-order chi connectivity index (χ0) is 20.2. The molecule has 3 N–H and O–H groups in total. The van der Waals surface area contributed by atoms with Crippen LogP contribution in [-0.2, 0) is 9.53 Å². The molecule has 9 nitrogen and oxygen atoms in total. The predicted molar refractivity (Wildman–Crippen MR) is 98.7 cm³/mol. The summed E-state index contributed by atoms with van der Waals surface area (Å²) in [6.45, 7) is 6.60. The van der Waals surface area contributed by atoms with Crippen molar-refractivity contribution < 1.29 is 19.1 Å². The second kappa shape index (κ2) is 7.90. The van der Waals surface area contributed by atoms with E-state index in [4.69, 9.17) is 15.2 Å². The lowest BCUT2D eigenvalue weighted by atomic mass is 10.2. The fourth-order valence-electron chi connectivity index (χ4n) is 2.08. The summed E-state index contributed by atoms with van der Waals surface area (Å²) in [6.07, 6.45) is 0.693. The minimum Gasteiger partial charge on any atom is -0.444 e. The number of benzene rings is 1. The number of carbonyl (C=O) groups excluding carboxylic acids is 2. The van der Waals surface area contributed by atoms with Crippen molar-refractivity contribution in [1.82, 2.24) is 14.9 Å². The molecule has 0 bridgehead atoms. The predicted octanol–water partition coefficient (Wildman–Crippen LogP) is 1.63. The molecule has 0 saturated carbocycles. The Hall–Kier alpha value is -3.36. The lowest BCUT2D eigenvalue weighted by Crippen LogP contribution is -2.43. The Morgan fingerprint density at radius 3 is 2.52 bits per heavy atom. The lowest BCUT2D eigenvalue weighted by molar-refractivity contribution is -0.136. The first-order chi connectivity index (χ1) is 12.6. The molecule has 27 heavy (non-hydrogen) atoms. The van der Waals surface area contributed by atoms with Crippen LogP contribution in [0.2, 0.25) is 0 Å². The summed E-state index contributed by atoms with van der Waals surface area (Å²) in [5, 5.41) is 2.40. The van der Waals surface area contributed by atoms with Gasteiger partial charge < -0.3 is 20.5 Å². The van der Waals surface area contributed by atoms with Crippen LogP contribution in [0.25, 0.3) is 5.69 Å². The molecule has 1 aromatic carbocycles. The topological polar surface area (TPSA) is 126 Å². The van der Waals surface area contributed by atoms with E-state index in [1.165, 1.54) is 29.8 Å². The third-order valence-electron chi connectivity index (χ3n) is 3.25. The normalized spacial score (nSPS) is 12.1. The van der Waals surface area contributed by atoms with Crippen LogP contribution in [0.15, 0.2) is 41.3 Å². The van der Waals surface area contributed by atoms with E-state index < -0.39 is 29.4 Å². The van der Waals surface area contributed by atoms with E-state index in [1.54, 1.807) is 39.0 Å². The number of para-hydroxylation sites is 2. The van der Waals surface area contributed by atoms with Crippen LogP contribution in [0.3, 0.4) is 0 Å². The molecule has 0 radical (unpaired) electrons. The first kappa shape index (κ1) is 20.0. The van der Waals surface area contributed by atoms with Crippen molar-refractivity contribution in [2.24, 2.45) is 0 Å². The summed E-state index contributed by atoms with van der Waals surface area (Å²) in [7, 11) is 0. The van der Waals surface area contributed by atoms with Crippen molar-refractivity contribution in [3.63, 3.8) is 0 Å². The number of anilines is 1. The number of esters is 1. The van der Waals surface area contributed by atoms with Crippen molar-refractivity contribution in [1.29, 1.82) is 0 Å². The number of nitrogens with zero attached hydrogens (tertiary/aromatic N) is 2. The van der Waals surface area contributed by atoms with Crippen molar-refractivity contribution in [2.75, 3.05) is 5.73 Å². The van der Waals surface area contributed by atoms with E-state index in [9.17, 15) is 14.4 Å². The minimum atomic E-state index is -0.964. The number of ether oxygens (including phenoxy) is 2. The zero-order valence-corrected chi connectivity index (χ0v) is 15.6. The first-order valence-corrected chi connectivity index (χ1v) is 8.22. The number of amides is 1. The number of nitrogens with two attached hydrogens (primary N) is 1. The molecule has 2 rings (SSSR count). The molecular formula is C18H22N4O5. The fraction of sp³-hybridized carbons (Fsp3) is 0.333. The van der Waals surface area contributed by atoms with Gasteiger partial charge in [0.15, 0.2) is 5.75 Å². The number of aromatic nitrogens is 2. The third kappa shape index (κ3) is 5.56. The Balaban J connectivity index is 2.17. The lowest BCUT2D eigenvalue weighted by Gasteiger charge is -2.21. The van der Waals surface area contributed by atoms with Crippen LogP contribution < -0.4 is 21.5 Å². The second-order valence-electron chi connectivity index (χ2n) is 6.76. The Morgan fingerprint density at radius 2 is 1.89 bits per heavy atom. The molecule has 144 valence electrons. The third-order valence-corrected chi connectivity index (χ3v) is 3.25. The monoisotopic (exact) mass is 374 g/mol. The average Bonchev–Trinajstić information content (AvgIpc) is 2.54. The summed E-state index contributed by atoms with van der Waals surface area (Å²) in [5.41, 5.74) is 4.50. The van der Waals surface area contributed by atoms with E-state index in [1.807, 2.05) is 0 Å². The van der Waals surface area contributed by atoms with Crippen LogP contribution in [0.1, 0.15) is 27.7 Å². The quantitative estimate of drug-likeness (QED) is 0.615. The van der Waals surface area contributed by atoms with Crippen molar-refractivity contribution in [2.45, 2.75) is 39.3 Å². The fourth-order valence-corrected chi connectivity index (χ4v) is 2.08. The molecule has 0 aliphatic rings. The number of nitrogen functional groups attached to an aromatic ring is 1. The number of alkyl carbamates (subject to hydrolysis) is 1. The molecule has 1 aromatic heterocycles. The number of rotatable bonds is 4. The summed E-state index contributed by atoms with van der Waals surface area (Å²) in [5.74, 6) is -0.500. The van der Waals surface area contributed by atoms with Gasteiger partial charge in [0.2, 0.25) is 0 Å². The number of hydrogen-bond donors (Lipinski definition) is 2. The van der Waals surface area contributed by atoms with Crippen molar-refractivity contribution >= 4 is 17.9 Å². The maximum absolute atomic E-state index is 12.3. The highest BCUT2D eigenvalue weighted by Crippen LogP contribution is 2.21. The van der Waals surface area contributed by atoms with Gasteiger partial charge in [0, 0.05) is 6.20 Å².